The first kappa shape index (κ1) is 15.4. The highest BCUT2D eigenvalue weighted by atomic mass is 32.4. The Labute approximate surface area is 85.5 Å². The molecule has 0 heterocycles. The second-order valence-corrected chi connectivity index (χ2v) is 11.5. The first-order chi connectivity index (χ1) is 5.37. The summed E-state index contributed by atoms with van der Waals surface area (Å²) in [5.74, 6) is 0. The molecule has 6 heteroatoms. The van der Waals surface area contributed by atoms with Gasteiger partial charge in [-0.25, -0.2) is 0 Å². The third-order valence-electron chi connectivity index (χ3n) is 0.851. The predicted molar refractivity (Wildman–Crippen MR) is 64.7 cm³/mol. The van der Waals surface area contributed by atoms with Crippen molar-refractivity contribution in [2.24, 2.45) is 0 Å². The summed E-state index contributed by atoms with van der Waals surface area (Å²) in [7, 11) is 0.170. The van der Waals surface area contributed by atoms with Crippen LogP contribution in [0.15, 0.2) is 0 Å². The number of hydrogen-bond donors (Lipinski definition) is 0. The van der Waals surface area contributed by atoms with Crippen molar-refractivity contribution in [2.45, 2.75) is 26.2 Å². The van der Waals surface area contributed by atoms with E-state index in [1.807, 2.05) is 6.66 Å². The van der Waals surface area contributed by atoms with Crippen LogP contribution in [-0.4, -0.2) is 31.4 Å². The summed E-state index contributed by atoms with van der Waals surface area (Å²) in [6, 6.07) is 0. The molecule has 0 aromatic carbocycles. The van der Waals surface area contributed by atoms with Crippen LogP contribution in [0.5, 0.6) is 0 Å². The van der Waals surface area contributed by atoms with E-state index in [4.69, 9.17) is 8.54 Å². The predicted octanol–water partition coefficient (Wildman–Crippen LogP) is 2.36. The molecule has 0 saturated carbocycles. The molecule has 0 amide bonds. The van der Waals surface area contributed by atoms with Gasteiger partial charge in [-0.3, -0.25) is 0 Å². The zero-order valence-electron chi connectivity index (χ0n) is 8.75. The maximum absolute atomic E-state index is 5.64. The molecule has 0 aromatic heterocycles. The normalized spacial score (nSPS) is 13.5. The molecule has 0 aliphatic rings. The van der Waals surface area contributed by atoms with Gasteiger partial charge < -0.3 is 8.54 Å². The maximum Gasteiger partial charge on any atom is 0.307 e. The zero-order valence-corrected chi connectivity index (χ0v) is 12.6. The van der Waals surface area contributed by atoms with Gasteiger partial charge in [0.1, 0.15) is 0 Å². The van der Waals surface area contributed by atoms with Crippen LogP contribution in [0.1, 0.15) is 0 Å². The lowest BCUT2D eigenvalue weighted by Gasteiger charge is -2.21. The second-order valence-electron chi connectivity index (χ2n) is 3.22. The molecule has 74 valence electrons. The molecule has 0 aliphatic carbocycles. The molecule has 0 rings (SSSR count). The lowest BCUT2D eigenvalue weighted by Crippen LogP contribution is -2.34. The summed E-state index contributed by atoms with van der Waals surface area (Å²) in [6.45, 7) is 10.5. The first-order valence-corrected chi connectivity index (χ1v) is 11.7. The third kappa shape index (κ3) is 17.1. The molecule has 0 aliphatic heterocycles. The highest BCUT2D eigenvalue weighted by Gasteiger charge is 2.18. The highest BCUT2D eigenvalue weighted by Crippen LogP contribution is 2.04. The summed E-state index contributed by atoms with van der Waals surface area (Å²) in [4.78, 5) is 0. The van der Waals surface area contributed by atoms with Gasteiger partial charge in [0.15, 0.2) is 8.32 Å². The van der Waals surface area contributed by atoms with Crippen LogP contribution >= 0.6 is 7.36 Å². The minimum absolute atomic E-state index is 1.00. The monoisotopic (exact) mass is 242 g/mol. The van der Waals surface area contributed by atoms with Crippen molar-refractivity contribution in [1.29, 1.82) is 0 Å². The Kier molecular flexibility index (Phi) is 10.8. The molecule has 1 unspecified atom stereocenters. The summed E-state index contributed by atoms with van der Waals surface area (Å²) in [5.41, 5.74) is 0. The van der Waals surface area contributed by atoms with E-state index >= 15 is 0 Å². The third-order valence-corrected chi connectivity index (χ3v) is 5.67. The second kappa shape index (κ2) is 8.47. The van der Waals surface area contributed by atoms with Gasteiger partial charge >= 0.3 is 9.28 Å². The van der Waals surface area contributed by atoms with Crippen molar-refractivity contribution in [3.8, 4) is 0 Å². The van der Waals surface area contributed by atoms with Crippen LogP contribution in [0.25, 0.3) is 0 Å². The van der Waals surface area contributed by atoms with Crippen LogP contribution in [0.3, 0.4) is 0 Å². The first-order valence-electron chi connectivity index (χ1n) is 3.79. The van der Waals surface area contributed by atoms with Gasteiger partial charge in [0, 0.05) is 7.11 Å². The lowest BCUT2D eigenvalue weighted by molar-refractivity contribution is 0.340. The van der Waals surface area contributed by atoms with Gasteiger partial charge in [-0.15, -0.1) is 0 Å². The van der Waals surface area contributed by atoms with E-state index in [2.05, 4.69) is 38.0 Å². The Morgan fingerprint density at radius 3 is 1.75 bits per heavy atom. The van der Waals surface area contributed by atoms with Gasteiger partial charge in [0.2, 0.25) is 0 Å². The van der Waals surface area contributed by atoms with Gasteiger partial charge in [-0.05, 0) is 40.2 Å². The Bertz CT molecular complexity index is 119. The summed E-state index contributed by atoms with van der Waals surface area (Å²) < 4.78 is 10.7. The van der Waals surface area contributed by atoms with E-state index in [0.717, 1.165) is 7.36 Å². The minimum Gasteiger partial charge on any atom is -0.438 e. The summed E-state index contributed by atoms with van der Waals surface area (Å²) in [5, 5.41) is 0. The maximum atomic E-state index is 5.64. The molecular weight excluding hydrogens is 223 g/mol. The number of hydrogen-bond acceptors (Lipinski definition) is 3. The quantitative estimate of drug-likeness (QED) is 0.559. The van der Waals surface area contributed by atoms with Crippen LogP contribution in [0.2, 0.25) is 26.2 Å². The smallest absolute Gasteiger partial charge is 0.307 e. The molecule has 0 bridgehead atoms. The van der Waals surface area contributed by atoms with Crippen LogP contribution in [0, 0.1) is 0 Å². The van der Waals surface area contributed by atoms with E-state index in [1.54, 1.807) is 7.11 Å². The van der Waals surface area contributed by atoms with Crippen LogP contribution in [0.4, 0.5) is 0 Å². The molecule has 0 fully saturated rings. The summed E-state index contributed by atoms with van der Waals surface area (Å²) >= 11 is 4.37. The Morgan fingerprint density at radius 1 is 1.33 bits per heavy atom. The molecular formula is C6H19O2PSSi2. The lowest BCUT2D eigenvalue weighted by atomic mass is 11.8. The van der Waals surface area contributed by atoms with Crippen molar-refractivity contribution in [3.63, 3.8) is 0 Å². The Morgan fingerprint density at radius 2 is 1.67 bits per heavy atom. The summed E-state index contributed by atoms with van der Waals surface area (Å²) in [6.07, 6.45) is 0. The molecule has 0 aromatic rings. The van der Waals surface area contributed by atoms with Crippen molar-refractivity contribution >= 4 is 36.8 Å². The average molecular weight is 242 g/mol. The average Bonchev–Trinajstić information content (AvgIpc) is 1.86. The molecule has 0 spiro atoms. The van der Waals surface area contributed by atoms with E-state index in [9.17, 15) is 0 Å². The van der Waals surface area contributed by atoms with Crippen LogP contribution in [-0.2, 0) is 20.3 Å². The van der Waals surface area contributed by atoms with Crippen molar-refractivity contribution in [2.75, 3.05) is 13.8 Å². The molecule has 2 nitrogen and oxygen atoms in total. The molecule has 0 saturated heterocycles. The molecule has 0 radical (unpaired) electrons. The van der Waals surface area contributed by atoms with Gasteiger partial charge in [0.25, 0.3) is 0 Å². The van der Waals surface area contributed by atoms with E-state index in [-0.39, 0.29) is 0 Å². The Balaban J connectivity index is 0. The fraction of sp³-hybridized carbons (Fsp3) is 1.00. The Hall–Kier alpha value is 0.874. The van der Waals surface area contributed by atoms with E-state index in [0.29, 0.717) is 0 Å². The van der Waals surface area contributed by atoms with Crippen LogP contribution < -0.4 is 0 Å². The molecule has 1 atom stereocenters. The molecule has 0 N–H and O–H groups in total. The van der Waals surface area contributed by atoms with E-state index < -0.39 is 17.6 Å². The van der Waals surface area contributed by atoms with Crippen molar-refractivity contribution < 1.29 is 8.54 Å². The fourth-order valence-corrected chi connectivity index (χ4v) is 4.91. The topological polar surface area (TPSA) is 18.5 Å². The molecule has 12 heavy (non-hydrogen) atoms. The standard InChI is InChI=1S/C5H16O2Si2.CH3PS/c1-6-8(2)7-9(3,4)5;1-2-3/h8H,1-5H3;1H3. The number of rotatable bonds is 3. The highest BCUT2D eigenvalue weighted by molar-refractivity contribution is 7.96. The zero-order chi connectivity index (χ0) is 10.2. The van der Waals surface area contributed by atoms with Gasteiger partial charge in [-0.1, -0.05) is 11.8 Å². The SMILES string of the molecule is CO[SiH](C)O[Si](C)(C)C.CP=S. The fourth-order valence-electron chi connectivity index (χ4n) is 0.546. The van der Waals surface area contributed by atoms with Crippen molar-refractivity contribution in [3.05, 3.63) is 0 Å². The van der Waals surface area contributed by atoms with E-state index in [1.165, 1.54) is 0 Å². The minimum atomic E-state index is -1.30. The largest absolute Gasteiger partial charge is 0.438 e. The van der Waals surface area contributed by atoms with Gasteiger partial charge in [0.05, 0.1) is 0 Å². The van der Waals surface area contributed by atoms with Gasteiger partial charge in [-0.2, -0.15) is 0 Å². The van der Waals surface area contributed by atoms with Crippen molar-refractivity contribution in [1.82, 2.24) is 0 Å².